The number of hydrogen-bond acceptors (Lipinski definition) is 13. The van der Waals surface area contributed by atoms with E-state index in [0.29, 0.717) is 12.8 Å². The van der Waals surface area contributed by atoms with Gasteiger partial charge in [0.15, 0.2) is 12.6 Å². The molecular weight excluding hydrogens is 859 g/mol. The minimum Gasteiger partial charge on any atom is -0.394 e. The van der Waals surface area contributed by atoms with Crippen molar-refractivity contribution < 1.29 is 64.6 Å². The van der Waals surface area contributed by atoms with Gasteiger partial charge in [-0.2, -0.15) is 0 Å². The van der Waals surface area contributed by atoms with Crippen molar-refractivity contribution >= 4 is 5.91 Å². The standard InChI is InChI=1S/C53H89NO13/c1-3-5-7-9-11-13-14-15-16-17-18-19-20-21-22-23-24-25-26-27-28-29-31-33-35-37-45(58)54-41(42(57)36-34-32-30-12-10-8-6-4-2)40-64-52-50(63)48(61)51(44(39-56)66-52)67-53-49(62)47(60)46(59)43(38-55)65-53/h5,7,11,13,15-16,18-19,21-22,24-25,27-28,41-44,46-53,55-57,59-63H,3-4,6,8-10,12,14,17,20,23,26,29-40H2,1-2H3,(H,54,58)/b7-5-,13-11-,16-15-,19-18-,22-21-,25-24-,28-27-. The zero-order valence-electron chi connectivity index (χ0n) is 40.6. The van der Waals surface area contributed by atoms with Gasteiger partial charge in [0, 0.05) is 6.42 Å². The SMILES string of the molecule is CC/C=C\C/C=C\C/C=C\C/C=C\C/C=C\C/C=C\C/C=C\CCCCCC(=O)NC(COC1OC(CO)C(OC2OC(CO)C(O)C(O)C2O)C(O)C1O)C(O)CCCCCCCCCC. The molecule has 0 aromatic rings. The molecule has 0 aliphatic carbocycles. The lowest BCUT2D eigenvalue weighted by atomic mass is 9.97. The number of hydrogen-bond donors (Lipinski definition) is 9. The maximum atomic E-state index is 13.1. The lowest BCUT2D eigenvalue weighted by Gasteiger charge is -2.46. The van der Waals surface area contributed by atoms with Gasteiger partial charge in [0.1, 0.15) is 48.8 Å². The van der Waals surface area contributed by atoms with Crippen molar-refractivity contribution in [2.75, 3.05) is 19.8 Å². The molecule has 2 heterocycles. The highest BCUT2D eigenvalue weighted by atomic mass is 16.7. The summed E-state index contributed by atoms with van der Waals surface area (Å²) in [7, 11) is 0. The van der Waals surface area contributed by atoms with E-state index in [-0.39, 0.29) is 18.9 Å². The van der Waals surface area contributed by atoms with Crippen LogP contribution in [0.3, 0.4) is 0 Å². The quantitative estimate of drug-likeness (QED) is 0.0237. The molecule has 0 saturated carbocycles. The highest BCUT2D eigenvalue weighted by Gasteiger charge is 2.51. The van der Waals surface area contributed by atoms with Crippen LogP contribution in [0.15, 0.2) is 85.1 Å². The van der Waals surface area contributed by atoms with Crippen LogP contribution in [0.2, 0.25) is 0 Å². The Hall–Kier alpha value is -2.83. The van der Waals surface area contributed by atoms with Gasteiger partial charge in [0.25, 0.3) is 0 Å². The maximum absolute atomic E-state index is 13.1. The van der Waals surface area contributed by atoms with Crippen LogP contribution in [0.4, 0.5) is 0 Å². The topological polar surface area (TPSA) is 228 Å². The van der Waals surface area contributed by atoms with E-state index in [1.165, 1.54) is 25.7 Å². The van der Waals surface area contributed by atoms with Crippen LogP contribution in [0, 0.1) is 0 Å². The smallest absolute Gasteiger partial charge is 0.220 e. The van der Waals surface area contributed by atoms with Crippen molar-refractivity contribution in [1.29, 1.82) is 0 Å². The van der Waals surface area contributed by atoms with Gasteiger partial charge in [-0.25, -0.2) is 0 Å². The Kier molecular flexibility index (Phi) is 35.1. The number of rotatable bonds is 37. The second-order valence-electron chi connectivity index (χ2n) is 17.6. The van der Waals surface area contributed by atoms with E-state index in [4.69, 9.17) is 18.9 Å². The summed E-state index contributed by atoms with van der Waals surface area (Å²) in [5.74, 6) is -0.247. The second kappa shape index (κ2) is 39.0. The largest absolute Gasteiger partial charge is 0.394 e. The van der Waals surface area contributed by atoms with Crippen molar-refractivity contribution in [2.45, 2.75) is 222 Å². The van der Waals surface area contributed by atoms with Crippen molar-refractivity contribution in [3.8, 4) is 0 Å². The summed E-state index contributed by atoms with van der Waals surface area (Å²) in [5.41, 5.74) is 0. The highest BCUT2D eigenvalue weighted by Crippen LogP contribution is 2.30. The van der Waals surface area contributed by atoms with Gasteiger partial charge in [-0.15, -0.1) is 0 Å². The summed E-state index contributed by atoms with van der Waals surface area (Å²) in [6.45, 7) is 2.64. The monoisotopic (exact) mass is 948 g/mol. The molecule has 2 aliphatic rings. The van der Waals surface area contributed by atoms with Crippen LogP contribution < -0.4 is 5.32 Å². The van der Waals surface area contributed by atoms with Crippen molar-refractivity contribution in [3.05, 3.63) is 85.1 Å². The minimum atomic E-state index is -1.79. The molecule has 14 nitrogen and oxygen atoms in total. The number of amides is 1. The third-order valence-electron chi connectivity index (χ3n) is 11.9. The first kappa shape index (κ1) is 60.3. The zero-order valence-corrected chi connectivity index (χ0v) is 40.6. The summed E-state index contributed by atoms with van der Waals surface area (Å²) < 4.78 is 22.7. The fourth-order valence-electron chi connectivity index (χ4n) is 7.74. The molecule has 12 unspecified atom stereocenters. The summed E-state index contributed by atoms with van der Waals surface area (Å²) in [6.07, 6.45) is 33.2. The molecule has 14 heteroatoms. The fourth-order valence-corrected chi connectivity index (χ4v) is 7.74. The molecule has 384 valence electrons. The molecule has 0 radical (unpaired) electrons. The van der Waals surface area contributed by atoms with Gasteiger partial charge in [-0.3, -0.25) is 4.79 Å². The molecular formula is C53H89NO13. The summed E-state index contributed by atoms with van der Waals surface area (Å²) in [4.78, 5) is 13.1. The molecule has 2 rings (SSSR count). The molecule has 2 fully saturated rings. The van der Waals surface area contributed by atoms with E-state index < -0.39 is 86.8 Å². The third kappa shape index (κ3) is 26.1. The van der Waals surface area contributed by atoms with E-state index in [2.05, 4.69) is 104 Å². The van der Waals surface area contributed by atoms with Gasteiger partial charge >= 0.3 is 0 Å². The van der Waals surface area contributed by atoms with Gasteiger partial charge in [0.2, 0.25) is 5.91 Å². The van der Waals surface area contributed by atoms with Crippen LogP contribution in [0.1, 0.15) is 149 Å². The highest BCUT2D eigenvalue weighted by molar-refractivity contribution is 5.76. The van der Waals surface area contributed by atoms with Crippen LogP contribution in [0.25, 0.3) is 0 Å². The van der Waals surface area contributed by atoms with Crippen LogP contribution in [0.5, 0.6) is 0 Å². The average molecular weight is 948 g/mol. The molecule has 0 spiro atoms. The Bertz CT molecular complexity index is 1450. The number of aliphatic hydroxyl groups excluding tert-OH is 8. The van der Waals surface area contributed by atoms with Gasteiger partial charge in [0.05, 0.1) is 32.0 Å². The molecule has 0 aromatic heterocycles. The molecule has 0 bridgehead atoms. The number of carbonyl (C=O) groups is 1. The Morgan fingerprint density at radius 2 is 1.03 bits per heavy atom. The minimum absolute atomic E-state index is 0.247. The average Bonchev–Trinajstić information content (AvgIpc) is 3.32. The van der Waals surface area contributed by atoms with Crippen molar-refractivity contribution in [3.63, 3.8) is 0 Å². The van der Waals surface area contributed by atoms with E-state index >= 15 is 0 Å². The first-order valence-electron chi connectivity index (χ1n) is 25.3. The lowest BCUT2D eigenvalue weighted by molar-refractivity contribution is -0.359. The number of aliphatic hydroxyl groups is 8. The summed E-state index contributed by atoms with van der Waals surface area (Å²) in [6, 6.07) is -0.849. The number of carbonyl (C=O) groups excluding carboxylic acids is 1. The van der Waals surface area contributed by atoms with Crippen LogP contribution >= 0.6 is 0 Å². The molecule has 0 aromatic carbocycles. The number of ether oxygens (including phenoxy) is 4. The van der Waals surface area contributed by atoms with Crippen molar-refractivity contribution in [2.24, 2.45) is 0 Å². The second-order valence-corrected chi connectivity index (χ2v) is 17.6. The Labute approximate surface area is 401 Å². The van der Waals surface area contributed by atoms with Gasteiger partial charge in [-0.1, -0.05) is 157 Å². The Balaban J connectivity index is 1.77. The van der Waals surface area contributed by atoms with E-state index in [1.54, 1.807) is 0 Å². The fraction of sp³-hybridized carbons (Fsp3) is 0.717. The lowest BCUT2D eigenvalue weighted by Crippen LogP contribution is -2.65. The number of nitrogens with one attached hydrogen (secondary N) is 1. The number of allylic oxidation sites excluding steroid dienone is 14. The summed E-state index contributed by atoms with van der Waals surface area (Å²) in [5, 5.41) is 86.6. The van der Waals surface area contributed by atoms with Crippen molar-refractivity contribution in [1.82, 2.24) is 5.32 Å². The van der Waals surface area contributed by atoms with Crippen LogP contribution in [-0.4, -0.2) is 140 Å². The molecule has 2 aliphatic heterocycles. The van der Waals surface area contributed by atoms with Gasteiger partial charge < -0.3 is 65.1 Å². The zero-order chi connectivity index (χ0) is 48.9. The summed E-state index contributed by atoms with van der Waals surface area (Å²) >= 11 is 0. The van der Waals surface area contributed by atoms with E-state index in [1.807, 2.05) is 0 Å². The number of unbranched alkanes of at least 4 members (excludes halogenated alkanes) is 10. The van der Waals surface area contributed by atoms with Crippen LogP contribution in [-0.2, 0) is 23.7 Å². The van der Waals surface area contributed by atoms with E-state index in [9.17, 15) is 45.6 Å². The first-order valence-corrected chi connectivity index (χ1v) is 25.3. The Morgan fingerprint density at radius 1 is 0.552 bits per heavy atom. The molecule has 12 atom stereocenters. The normalized spacial score (nSPS) is 27.3. The predicted octanol–water partition coefficient (Wildman–Crippen LogP) is 6.60. The first-order chi connectivity index (χ1) is 32.6. The molecule has 2 saturated heterocycles. The molecule has 1 amide bonds. The maximum Gasteiger partial charge on any atom is 0.220 e. The molecule has 67 heavy (non-hydrogen) atoms. The van der Waals surface area contributed by atoms with E-state index in [0.717, 1.165) is 89.9 Å². The molecule has 9 N–H and O–H groups in total. The predicted molar refractivity (Wildman–Crippen MR) is 263 cm³/mol. The Morgan fingerprint density at radius 3 is 1.57 bits per heavy atom. The third-order valence-corrected chi connectivity index (χ3v) is 11.9. The van der Waals surface area contributed by atoms with Gasteiger partial charge in [-0.05, 0) is 70.6 Å².